The maximum atomic E-state index is 13.4. The lowest BCUT2D eigenvalue weighted by atomic mass is 9.96. The number of amides is 2. The second-order valence-electron chi connectivity index (χ2n) is 9.49. The monoisotopic (exact) mass is 531 g/mol. The van der Waals surface area contributed by atoms with Gasteiger partial charge in [0.25, 0.3) is 11.8 Å². The summed E-state index contributed by atoms with van der Waals surface area (Å²) in [5.74, 6) is 1.25. The molecule has 0 unspecified atom stereocenters. The van der Waals surface area contributed by atoms with Gasteiger partial charge in [0, 0.05) is 43.8 Å². The summed E-state index contributed by atoms with van der Waals surface area (Å²) in [6.45, 7) is 1.63. The predicted octanol–water partition coefficient (Wildman–Crippen LogP) is 5.35. The minimum absolute atomic E-state index is 0.0482. The molecular weight excluding hydrogens is 502 g/mol. The van der Waals surface area contributed by atoms with E-state index in [4.69, 9.17) is 21.1 Å². The highest BCUT2D eigenvalue weighted by Crippen LogP contribution is 2.29. The van der Waals surface area contributed by atoms with Crippen molar-refractivity contribution in [3.05, 3.63) is 93.6 Å². The van der Waals surface area contributed by atoms with Crippen molar-refractivity contribution >= 4 is 34.3 Å². The van der Waals surface area contributed by atoms with Crippen molar-refractivity contribution in [2.24, 2.45) is 0 Å². The Labute approximate surface area is 226 Å². The van der Waals surface area contributed by atoms with E-state index in [1.54, 1.807) is 38.4 Å². The summed E-state index contributed by atoms with van der Waals surface area (Å²) in [6, 6.07) is 17.2. The molecule has 4 aromatic rings. The molecule has 2 amide bonds. The van der Waals surface area contributed by atoms with Crippen LogP contribution in [0.25, 0.3) is 10.9 Å². The van der Waals surface area contributed by atoms with Crippen molar-refractivity contribution < 1.29 is 19.1 Å². The normalized spacial score (nSPS) is 12.8. The summed E-state index contributed by atoms with van der Waals surface area (Å²) < 4.78 is 10.7. The number of benzene rings is 3. The molecule has 38 heavy (non-hydrogen) atoms. The number of hydrogen-bond acceptors (Lipinski definition) is 4. The molecule has 0 fully saturated rings. The molecule has 1 aromatic heterocycles. The molecule has 7 nitrogen and oxygen atoms in total. The van der Waals surface area contributed by atoms with Crippen molar-refractivity contribution in [1.29, 1.82) is 0 Å². The first kappa shape index (κ1) is 25.7. The Balaban J connectivity index is 1.27. The number of carbonyl (C=O) groups excluding carboxylic acids is 2. The van der Waals surface area contributed by atoms with Crippen molar-refractivity contribution in [2.75, 3.05) is 34.4 Å². The Kier molecular flexibility index (Phi) is 7.29. The van der Waals surface area contributed by atoms with Crippen LogP contribution in [-0.2, 0) is 19.4 Å². The fraction of sp³-hybridized carbons (Fsp3) is 0.267. The van der Waals surface area contributed by atoms with Crippen LogP contribution in [0.4, 0.5) is 0 Å². The number of halogens is 1. The van der Waals surface area contributed by atoms with Gasteiger partial charge in [-0.1, -0.05) is 35.9 Å². The third-order valence-electron chi connectivity index (χ3n) is 7.18. The van der Waals surface area contributed by atoms with Crippen molar-refractivity contribution in [2.45, 2.75) is 19.4 Å². The third-order valence-corrected chi connectivity index (χ3v) is 7.49. The van der Waals surface area contributed by atoms with Crippen LogP contribution in [-0.4, -0.2) is 61.0 Å². The van der Waals surface area contributed by atoms with Gasteiger partial charge in [-0.2, -0.15) is 0 Å². The highest BCUT2D eigenvalue weighted by Gasteiger charge is 2.25. The number of aromatic amines is 1. The molecule has 0 spiro atoms. The molecule has 1 aliphatic heterocycles. The van der Waals surface area contributed by atoms with Gasteiger partial charge in [-0.25, -0.2) is 0 Å². The molecule has 3 aromatic carbocycles. The molecule has 0 saturated carbocycles. The number of likely N-dealkylation sites (N-methyl/N-ethyl adjacent to an activating group) is 1. The largest absolute Gasteiger partial charge is 0.493 e. The van der Waals surface area contributed by atoms with E-state index < -0.39 is 0 Å². The van der Waals surface area contributed by atoms with Gasteiger partial charge in [0.15, 0.2) is 11.5 Å². The van der Waals surface area contributed by atoms with Crippen molar-refractivity contribution in [3.63, 3.8) is 0 Å². The van der Waals surface area contributed by atoms with Crippen molar-refractivity contribution in [3.8, 4) is 11.5 Å². The molecule has 2 heterocycles. The Morgan fingerprint density at radius 1 is 1.03 bits per heavy atom. The zero-order valence-electron chi connectivity index (χ0n) is 21.7. The molecule has 0 aliphatic carbocycles. The van der Waals surface area contributed by atoms with Crippen LogP contribution >= 0.6 is 11.6 Å². The Morgan fingerprint density at radius 3 is 2.63 bits per heavy atom. The second-order valence-corrected chi connectivity index (χ2v) is 9.90. The summed E-state index contributed by atoms with van der Waals surface area (Å²) >= 11 is 6.28. The van der Waals surface area contributed by atoms with E-state index in [1.807, 2.05) is 53.4 Å². The van der Waals surface area contributed by atoms with Crippen LogP contribution in [0.2, 0.25) is 5.02 Å². The predicted molar refractivity (Wildman–Crippen MR) is 148 cm³/mol. The molecule has 0 radical (unpaired) electrons. The first-order valence-corrected chi connectivity index (χ1v) is 12.9. The van der Waals surface area contributed by atoms with E-state index in [0.717, 1.165) is 28.5 Å². The number of nitrogens with zero attached hydrogens (tertiary/aromatic N) is 2. The lowest BCUT2D eigenvalue weighted by Crippen LogP contribution is -2.36. The molecule has 0 atom stereocenters. The minimum atomic E-state index is -0.0528. The van der Waals surface area contributed by atoms with Gasteiger partial charge in [-0.3, -0.25) is 9.59 Å². The summed E-state index contributed by atoms with van der Waals surface area (Å²) in [5, 5.41) is 1.40. The number of carbonyl (C=O) groups is 2. The van der Waals surface area contributed by atoms with Crippen LogP contribution in [0.1, 0.15) is 37.4 Å². The molecule has 1 N–H and O–H groups in total. The highest BCUT2D eigenvalue weighted by atomic mass is 35.5. The topological polar surface area (TPSA) is 74.9 Å². The fourth-order valence-electron chi connectivity index (χ4n) is 4.98. The van der Waals surface area contributed by atoms with E-state index >= 15 is 0 Å². The van der Waals surface area contributed by atoms with E-state index in [1.165, 1.54) is 5.56 Å². The van der Waals surface area contributed by atoms with E-state index in [-0.39, 0.29) is 11.8 Å². The van der Waals surface area contributed by atoms with Gasteiger partial charge < -0.3 is 24.3 Å². The maximum absolute atomic E-state index is 13.4. The number of fused-ring (bicyclic) bond motifs is 2. The van der Waals surface area contributed by atoms with Crippen LogP contribution in [0, 0.1) is 0 Å². The van der Waals surface area contributed by atoms with E-state index in [0.29, 0.717) is 53.7 Å². The lowest BCUT2D eigenvalue weighted by Gasteiger charge is -2.29. The summed E-state index contributed by atoms with van der Waals surface area (Å²) in [6.07, 6.45) is 3.15. The molecule has 0 saturated heterocycles. The average Bonchev–Trinajstić information content (AvgIpc) is 3.39. The first-order chi connectivity index (χ1) is 18.4. The SMILES string of the molecule is COc1ccc(CCN(C)C(=O)c2ccc3c(c2)CN(C(=O)c2c[nH]c4c(Cl)cccc24)CC3)cc1OC. The third kappa shape index (κ3) is 4.94. The van der Waals surface area contributed by atoms with Crippen LogP contribution in [0.3, 0.4) is 0 Å². The number of methoxy groups -OCH3 is 2. The summed E-state index contributed by atoms with van der Waals surface area (Å²) in [4.78, 5) is 33.3. The zero-order chi connectivity index (χ0) is 26.8. The Morgan fingerprint density at radius 2 is 1.84 bits per heavy atom. The zero-order valence-corrected chi connectivity index (χ0v) is 22.5. The number of nitrogens with one attached hydrogen (secondary N) is 1. The molecule has 1 aliphatic rings. The highest BCUT2D eigenvalue weighted by molar-refractivity contribution is 6.35. The molecular formula is C30H30ClN3O4. The first-order valence-electron chi connectivity index (χ1n) is 12.5. The van der Waals surface area contributed by atoms with Gasteiger partial charge in [0.05, 0.1) is 30.3 Å². The Hall–Kier alpha value is -3.97. The number of para-hydroxylation sites is 1. The molecule has 5 rings (SSSR count). The summed E-state index contributed by atoms with van der Waals surface area (Å²) in [7, 11) is 5.02. The quantitative estimate of drug-likeness (QED) is 0.349. The lowest BCUT2D eigenvalue weighted by molar-refractivity contribution is 0.0736. The van der Waals surface area contributed by atoms with E-state index in [9.17, 15) is 9.59 Å². The van der Waals surface area contributed by atoms with E-state index in [2.05, 4.69) is 4.98 Å². The second kappa shape index (κ2) is 10.8. The van der Waals surface area contributed by atoms with Gasteiger partial charge >= 0.3 is 0 Å². The number of rotatable bonds is 7. The van der Waals surface area contributed by atoms with Crippen LogP contribution in [0.5, 0.6) is 11.5 Å². The number of hydrogen-bond donors (Lipinski definition) is 1. The van der Waals surface area contributed by atoms with Gasteiger partial charge in [-0.05, 0) is 59.9 Å². The number of ether oxygens (including phenoxy) is 2. The average molecular weight is 532 g/mol. The standard InChI is InChI=1S/C30H30ClN3O4/c1-33(13-11-19-7-10-26(37-2)27(15-19)38-3)29(35)21-9-8-20-12-14-34(18-22(20)16-21)30(36)24-17-32-28-23(24)5-4-6-25(28)31/h4-10,15-17,32H,11-14,18H2,1-3H3. The molecule has 0 bridgehead atoms. The molecule has 196 valence electrons. The Bertz CT molecular complexity index is 1510. The van der Waals surface area contributed by atoms with Crippen molar-refractivity contribution in [1.82, 2.24) is 14.8 Å². The van der Waals surface area contributed by atoms with Gasteiger partial charge in [0.1, 0.15) is 0 Å². The molecule has 8 heteroatoms. The fourth-order valence-corrected chi connectivity index (χ4v) is 5.21. The van der Waals surface area contributed by atoms with Gasteiger partial charge in [-0.15, -0.1) is 0 Å². The summed E-state index contributed by atoms with van der Waals surface area (Å²) in [5.41, 5.74) is 5.21. The van der Waals surface area contributed by atoms with Crippen LogP contribution < -0.4 is 9.47 Å². The number of H-pyrrole nitrogens is 1. The minimum Gasteiger partial charge on any atom is -0.493 e. The smallest absolute Gasteiger partial charge is 0.256 e. The van der Waals surface area contributed by atoms with Gasteiger partial charge in [0.2, 0.25) is 0 Å². The maximum Gasteiger partial charge on any atom is 0.256 e. The number of aromatic nitrogens is 1. The van der Waals surface area contributed by atoms with Crippen LogP contribution in [0.15, 0.2) is 60.8 Å².